The highest BCUT2D eigenvalue weighted by molar-refractivity contribution is 5.52. The van der Waals surface area contributed by atoms with E-state index in [2.05, 4.69) is 41.5 Å². The molecule has 1 aliphatic heterocycles. The van der Waals surface area contributed by atoms with Crippen molar-refractivity contribution in [3.05, 3.63) is 43.0 Å². The average Bonchev–Trinajstić information content (AvgIpc) is 3.02. The van der Waals surface area contributed by atoms with Gasteiger partial charge in [-0.25, -0.2) is 4.98 Å². The number of anilines is 1. The summed E-state index contributed by atoms with van der Waals surface area (Å²) < 4.78 is 7.56. The summed E-state index contributed by atoms with van der Waals surface area (Å²) in [7, 11) is 0. The lowest BCUT2D eigenvalue weighted by Crippen LogP contribution is -2.26. The van der Waals surface area contributed by atoms with Gasteiger partial charge in [0.25, 0.3) is 0 Å². The standard InChI is InChI=1S/C14H17N3O/c1-11-14(5-8-18-11)16-12-3-2-4-13(9-12)17-7-6-15-10-17/h2-4,6-7,9-11,14,16H,5,8H2,1H3. The molecule has 1 saturated heterocycles. The van der Waals surface area contributed by atoms with Crippen molar-refractivity contribution in [2.75, 3.05) is 11.9 Å². The predicted octanol–water partition coefficient (Wildman–Crippen LogP) is 2.46. The first-order valence-electron chi connectivity index (χ1n) is 6.29. The molecule has 2 unspecified atom stereocenters. The first-order valence-corrected chi connectivity index (χ1v) is 6.29. The van der Waals surface area contributed by atoms with E-state index in [4.69, 9.17) is 4.74 Å². The SMILES string of the molecule is CC1OCCC1Nc1cccc(-n2ccnc2)c1. The molecule has 1 aromatic carbocycles. The second-order valence-corrected chi connectivity index (χ2v) is 4.64. The minimum absolute atomic E-state index is 0.280. The van der Waals surface area contributed by atoms with E-state index in [9.17, 15) is 0 Å². The van der Waals surface area contributed by atoms with Gasteiger partial charge in [-0.15, -0.1) is 0 Å². The minimum Gasteiger partial charge on any atom is -0.380 e. The zero-order valence-electron chi connectivity index (χ0n) is 10.4. The highest BCUT2D eigenvalue weighted by Crippen LogP contribution is 2.20. The Balaban J connectivity index is 1.79. The van der Waals surface area contributed by atoms with Gasteiger partial charge in [-0.3, -0.25) is 0 Å². The molecule has 1 aromatic heterocycles. The highest BCUT2D eigenvalue weighted by Gasteiger charge is 2.23. The molecule has 1 N–H and O–H groups in total. The van der Waals surface area contributed by atoms with Crippen LogP contribution in [-0.4, -0.2) is 28.3 Å². The molecule has 0 amide bonds. The largest absolute Gasteiger partial charge is 0.380 e. The van der Waals surface area contributed by atoms with Gasteiger partial charge in [-0.1, -0.05) is 6.07 Å². The van der Waals surface area contributed by atoms with E-state index in [0.29, 0.717) is 6.04 Å². The van der Waals surface area contributed by atoms with Crippen LogP contribution in [0, 0.1) is 0 Å². The second kappa shape index (κ2) is 4.82. The van der Waals surface area contributed by atoms with Crippen molar-refractivity contribution in [1.29, 1.82) is 0 Å². The maximum atomic E-state index is 5.56. The fraction of sp³-hybridized carbons (Fsp3) is 0.357. The van der Waals surface area contributed by atoms with E-state index < -0.39 is 0 Å². The van der Waals surface area contributed by atoms with Crippen LogP contribution < -0.4 is 5.32 Å². The molecule has 2 heterocycles. The molecule has 2 atom stereocenters. The third-order valence-electron chi connectivity index (χ3n) is 3.38. The smallest absolute Gasteiger partial charge is 0.0991 e. The summed E-state index contributed by atoms with van der Waals surface area (Å²) >= 11 is 0. The molecule has 94 valence electrons. The lowest BCUT2D eigenvalue weighted by Gasteiger charge is -2.18. The van der Waals surface area contributed by atoms with Crippen molar-refractivity contribution >= 4 is 5.69 Å². The van der Waals surface area contributed by atoms with Crippen molar-refractivity contribution < 1.29 is 4.74 Å². The van der Waals surface area contributed by atoms with E-state index in [0.717, 1.165) is 24.4 Å². The number of nitrogens with zero attached hydrogens (tertiary/aromatic N) is 2. The summed E-state index contributed by atoms with van der Waals surface area (Å²) in [6.07, 6.45) is 6.88. The third kappa shape index (κ3) is 2.24. The molecule has 4 heteroatoms. The fourth-order valence-corrected chi connectivity index (χ4v) is 2.30. The van der Waals surface area contributed by atoms with Gasteiger partial charge in [0.05, 0.1) is 18.5 Å². The monoisotopic (exact) mass is 243 g/mol. The number of ether oxygens (including phenoxy) is 1. The number of benzene rings is 1. The summed E-state index contributed by atoms with van der Waals surface area (Å²) in [6, 6.07) is 8.75. The molecular weight excluding hydrogens is 226 g/mol. The normalized spacial score (nSPS) is 23.2. The number of hydrogen-bond donors (Lipinski definition) is 1. The van der Waals surface area contributed by atoms with E-state index in [1.807, 2.05) is 10.8 Å². The Morgan fingerprint density at radius 1 is 1.44 bits per heavy atom. The predicted molar refractivity (Wildman–Crippen MR) is 71.0 cm³/mol. The molecule has 2 aromatic rings. The maximum Gasteiger partial charge on any atom is 0.0991 e. The molecule has 18 heavy (non-hydrogen) atoms. The van der Waals surface area contributed by atoms with E-state index in [-0.39, 0.29) is 6.10 Å². The molecule has 0 bridgehead atoms. The van der Waals surface area contributed by atoms with Crippen LogP contribution in [0.4, 0.5) is 5.69 Å². The van der Waals surface area contributed by atoms with Crippen molar-refractivity contribution in [1.82, 2.24) is 9.55 Å². The van der Waals surface area contributed by atoms with Gasteiger partial charge in [-0.05, 0) is 31.5 Å². The molecule has 1 fully saturated rings. The Bertz CT molecular complexity index is 510. The summed E-state index contributed by atoms with van der Waals surface area (Å²) in [5, 5.41) is 3.53. The Morgan fingerprint density at radius 3 is 3.11 bits per heavy atom. The first kappa shape index (κ1) is 11.3. The molecule has 0 aliphatic carbocycles. The Morgan fingerprint density at radius 2 is 2.39 bits per heavy atom. The van der Waals surface area contributed by atoms with Crippen LogP contribution in [0.3, 0.4) is 0 Å². The van der Waals surface area contributed by atoms with Gasteiger partial charge in [0.1, 0.15) is 0 Å². The molecule has 3 rings (SSSR count). The van der Waals surface area contributed by atoms with E-state index in [1.54, 1.807) is 12.5 Å². The van der Waals surface area contributed by atoms with Gasteiger partial charge >= 0.3 is 0 Å². The molecule has 1 aliphatic rings. The summed E-state index contributed by atoms with van der Waals surface area (Å²) in [4.78, 5) is 4.07. The van der Waals surface area contributed by atoms with Gasteiger partial charge < -0.3 is 14.6 Å². The molecule has 0 saturated carbocycles. The van der Waals surface area contributed by atoms with Gasteiger partial charge in [-0.2, -0.15) is 0 Å². The van der Waals surface area contributed by atoms with Crippen molar-refractivity contribution in [2.45, 2.75) is 25.5 Å². The molecular formula is C14H17N3O. The van der Waals surface area contributed by atoms with Crippen molar-refractivity contribution in [3.8, 4) is 5.69 Å². The zero-order chi connectivity index (χ0) is 12.4. The number of aromatic nitrogens is 2. The van der Waals surface area contributed by atoms with Crippen LogP contribution in [-0.2, 0) is 4.74 Å². The third-order valence-corrected chi connectivity index (χ3v) is 3.38. The Hall–Kier alpha value is -1.81. The zero-order valence-corrected chi connectivity index (χ0v) is 10.4. The van der Waals surface area contributed by atoms with Crippen LogP contribution in [0.25, 0.3) is 5.69 Å². The summed E-state index contributed by atoms with van der Waals surface area (Å²) in [5.74, 6) is 0. The number of hydrogen-bond acceptors (Lipinski definition) is 3. The second-order valence-electron chi connectivity index (χ2n) is 4.64. The average molecular weight is 243 g/mol. The van der Waals surface area contributed by atoms with Crippen LogP contribution >= 0.6 is 0 Å². The van der Waals surface area contributed by atoms with Crippen molar-refractivity contribution in [3.63, 3.8) is 0 Å². The number of nitrogens with one attached hydrogen (secondary N) is 1. The highest BCUT2D eigenvalue weighted by atomic mass is 16.5. The Labute approximate surface area is 107 Å². The van der Waals surface area contributed by atoms with Crippen LogP contribution in [0.2, 0.25) is 0 Å². The first-order chi connectivity index (χ1) is 8.83. The van der Waals surface area contributed by atoms with Gasteiger partial charge in [0.2, 0.25) is 0 Å². The topological polar surface area (TPSA) is 39.1 Å². The Kier molecular flexibility index (Phi) is 3.02. The van der Waals surface area contributed by atoms with Crippen molar-refractivity contribution in [2.24, 2.45) is 0 Å². The lowest BCUT2D eigenvalue weighted by molar-refractivity contribution is 0.121. The number of rotatable bonds is 3. The maximum absolute atomic E-state index is 5.56. The van der Waals surface area contributed by atoms with Crippen LogP contribution in [0.15, 0.2) is 43.0 Å². The van der Waals surface area contributed by atoms with Gasteiger partial charge in [0, 0.05) is 30.4 Å². The van der Waals surface area contributed by atoms with Gasteiger partial charge in [0.15, 0.2) is 0 Å². The molecule has 0 spiro atoms. The van der Waals surface area contributed by atoms with E-state index >= 15 is 0 Å². The van der Waals surface area contributed by atoms with Crippen LogP contribution in [0.1, 0.15) is 13.3 Å². The lowest BCUT2D eigenvalue weighted by atomic mass is 10.1. The number of imidazole rings is 1. The summed E-state index contributed by atoms with van der Waals surface area (Å²) in [5.41, 5.74) is 2.24. The fourth-order valence-electron chi connectivity index (χ4n) is 2.30. The molecule has 4 nitrogen and oxygen atoms in total. The van der Waals surface area contributed by atoms with E-state index in [1.165, 1.54) is 0 Å². The van der Waals surface area contributed by atoms with Crippen LogP contribution in [0.5, 0.6) is 0 Å². The minimum atomic E-state index is 0.280. The quantitative estimate of drug-likeness (QED) is 0.900. The molecule has 0 radical (unpaired) electrons. The summed E-state index contributed by atoms with van der Waals surface area (Å²) in [6.45, 7) is 2.96.